The van der Waals surface area contributed by atoms with Crippen LogP contribution in [0, 0.1) is 0 Å². The summed E-state index contributed by atoms with van der Waals surface area (Å²) in [5, 5.41) is 0. The van der Waals surface area contributed by atoms with Gasteiger partial charge in [0.15, 0.2) is 0 Å². The Kier molecular flexibility index (Phi) is 4.95. The van der Waals surface area contributed by atoms with E-state index in [2.05, 4.69) is 25.0 Å². The van der Waals surface area contributed by atoms with Crippen LogP contribution >= 0.6 is 11.6 Å². The van der Waals surface area contributed by atoms with Crippen LogP contribution in [0.2, 0.25) is 6.32 Å². The first-order valence-corrected chi connectivity index (χ1v) is 3.82. The molecular weight excluding hydrogens is 95.0 g/mol. The molecule has 0 amide bonds. The molecule has 0 heterocycles. The van der Waals surface area contributed by atoms with Crippen molar-refractivity contribution in [2.45, 2.75) is 13.2 Å². The molecule has 0 aliphatic carbocycles. The second-order valence-electron chi connectivity index (χ2n) is 0.730. The van der Waals surface area contributed by atoms with Crippen LogP contribution in [0.4, 0.5) is 0 Å². The second-order valence-corrected chi connectivity index (χ2v) is 2.08. The summed E-state index contributed by atoms with van der Waals surface area (Å²) in [7, 11) is 0.616. The molecule has 0 aliphatic rings. The molecule has 0 N–H and O–H groups in total. The molecule has 0 fully saturated rings. The van der Waals surface area contributed by atoms with Crippen molar-refractivity contribution in [3.63, 3.8) is 0 Å². The van der Waals surface area contributed by atoms with E-state index in [0.717, 1.165) is 6.32 Å². The Hall–Kier alpha value is 0.502. The SMILES string of the molecule is CCB=[Si]=S. The minimum atomic E-state index is 0.616. The van der Waals surface area contributed by atoms with Gasteiger partial charge in [-0.25, -0.2) is 0 Å². The molecule has 0 bridgehead atoms. The van der Waals surface area contributed by atoms with Gasteiger partial charge >= 0.3 is 39.1 Å². The molecule has 0 radical (unpaired) electrons. The average Bonchev–Trinajstić information content (AvgIpc) is 1.41. The molecule has 0 aromatic rings. The Balaban J connectivity index is 2.93. The third kappa shape index (κ3) is 4.50. The second kappa shape index (κ2) is 4.50. The predicted molar refractivity (Wildman–Crippen MR) is 29.6 cm³/mol. The molecule has 3 heteroatoms. The van der Waals surface area contributed by atoms with Crippen molar-refractivity contribution < 1.29 is 0 Å². The van der Waals surface area contributed by atoms with E-state index in [1.165, 1.54) is 0 Å². The summed E-state index contributed by atoms with van der Waals surface area (Å²) in [5.74, 6) is 0. The van der Waals surface area contributed by atoms with Crippen LogP contribution in [-0.2, 0) is 0 Å². The fraction of sp³-hybridized carbons (Fsp3) is 1.00. The minimum absolute atomic E-state index is 0.616. The van der Waals surface area contributed by atoms with Crippen LogP contribution in [0.25, 0.3) is 0 Å². The molecule has 0 atom stereocenters. The van der Waals surface area contributed by atoms with Crippen LogP contribution in [0.1, 0.15) is 6.92 Å². The molecule has 0 nitrogen and oxygen atoms in total. The standard InChI is InChI=1S/C2H5BSSi/c1-2-3-5-4/h2H2,1H3. The van der Waals surface area contributed by atoms with E-state index in [4.69, 9.17) is 0 Å². The summed E-state index contributed by atoms with van der Waals surface area (Å²) in [6, 6.07) is 0. The van der Waals surface area contributed by atoms with Gasteiger partial charge in [-0.1, -0.05) is 0 Å². The average molecular weight is 100 g/mol. The molecule has 0 saturated carbocycles. The van der Waals surface area contributed by atoms with Crippen molar-refractivity contribution in [1.82, 2.24) is 0 Å². The first kappa shape index (κ1) is 5.50. The Morgan fingerprint density at radius 2 is 2.60 bits per heavy atom. The van der Waals surface area contributed by atoms with Crippen LogP contribution in [0.15, 0.2) is 0 Å². The van der Waals surface area contributed by atoms with E-state index >= 15 is 0 Å². The summed E-state index contributed by atoms with van der Waals surface area (Å²) < 4.78 is 0. The van der Waals surface area contributed by atoms with Crippen molar-refractivity contribution in [1.29, 1.82) is 0 Å². The van der Waals surface area contributed by atoms with Crippen molar-refractivity contribution >= 4 is 25.8 Å². The maximum absolute atomic E-state index is 4.62. The van der Waals surface area contributed by atoms with Gasteiger partial charge in [-0.15, -0.1) is 0 Å². The predicted octanol–water partition coefficient (Wildman–Crippen LogP) is 0.860. The third-order valence-electron chi connectivity index (χ3n) is 0.287. The maximum atomic E-state index is 4.62. The zero-order valence-corrected chi connectivity index (χ0v) is 5.01. The molecule has 0 spiro atoms. The third-order valence-corrected chi connectivity index (χ3v) is 1.36. The number of rotatable bonds is 1. The molecule has 0 saturated heterocycles. The summed E-state index contributed by atoms with van der Waals surface area (Å²) >= 11 is 4.62. The van der Waals surface area contributed by atoms with Gasteiger partial charge in [0.05, 0.1) is 0 Å². The van der Waals surface area contributed by atoms with E-state index in [-0.39, 0.29) is 0 Å². The Labute approximate surface area is 39.7 Å². The van der Waals surface area contributed by atoms with Crippen LogP contribution in [0.3, 0.4) is 0 Å². The van der Waals surface area contributed by atoms with E-state index < -0.39 is 0 Å². The molecule has 0 aromatic heterocycles. The molecular formula is C2H5BSSi. The summed E-state index contributed by atoms with van der Waals surface area (Å²) in [4.78, 5) is 0. The molecule has 5 heavy (non-hydrogen) atoms. The molecule has 0 unspecified atom stereocenters. The Bertz CT molecular complexity index is 56.7. The summed E-state index contributed by atoms with van der Waals surface area (Å²) in [6.07, 6.45) is 1.13. The van der Waals surface area contributed by atoms with Crippen LogP contribution in [-0.4, -0.2) is 14.2 Å². The Morgan fingerprint density at radius 1 is 2.00 bits per heavy atom. The number of hydrogen-bond donors (Lipinski definition) is 0. The van der Waals surface area contributed by atoms with Gasteiger partial charge in [0.2, 0.25) is 0 Å². The first-order valence-electron chi connectivity index (χ1n) is 1.61. The summed E-state index contributed by atoms with van der Waals surface area (Å²) in [6.45, 7) is 4.19. The fourth-order valence-corrected chi connectivity index (χ4v) is 0.750. The van der Waals surface area contributed by atoms with Gasteiger partial charge in [0.25, 0.3) is 0 Å². The topological polar surface area (TPSA) is 0 Å². The van der Waals surface area contributed by atoms with Gasteiger partial charge in [-0.2, -0.15) is 0 Å². The van der Waals surface area contributed by atoms with Crippen LogP contribution < -0.4 is 0 Å². The van der Waals surface area contributed by atoms with Gasteiger partial charge in [0.1, 0.15) is 0 Å². The van der Waals surface area contributed by atoms with Gasteiger partial charge in [-0.3, -0.25) is 0 Å². The Morgan fingerprint density at radius 3 is 2.60 bits per heavy atom. The van der Waals surface area contributed by atoms with E-state index in [9.17, 15) is 0 Å². The van der Waals surface area contributed by atoms with E-state index in [0.29, 0.717) is 7.70 Å². The van der Waals surface area contributed by atoms with E-state index in [1.807, 2.05) is 0 Å². The van der Waals surface area contributed by atoms with Crippen molar-refractivity contribution in [2.24, 2.45) is 0 Å². The normalized spacial score (nSPS) is 5.00. The van der Waals surface area contributed by atoms with Crippen molar-refractivity contribution in [3.05, 3.63) is 0 Å². The summed E-state index contributed by atoms with van der Waals surface area (Å²) in [5.41, 5.74) is 0. The number of hydrogen-bond acceptors (Lipinski definition) is 1. The molecule has 26 valence electrons. The monoisotopic (exact) mass is 100.0 g/mol. The zero-order chi connectivity index (χ0) is 4.12. The van der Waals surface area contributed by atoms with Crippen LogP contribution in [0.5, 0.6) is 0 Å². The van der Waals surface area contributed by atoms with Crippen molar-refractivity contribution in [2.75, 3.05) is 0 Å². The van der Waals surface area contributed by atoms with Crippen molar-refractivity contribution in [3.8, 4) is 0 Å². The van der Waals surface area contributed by atoms with Gasteiger partial charge < -0.3 is 0 Å². The quantitative estimate of drug-likeness (QED) is 0.440. The first-order chi connectivity index (χ1) is 2.41. The molecule has 0 rings (SSSR count). The molecule has 0 aromatic carbocycles. The molecule has 0 aliphatic heterocycles. The van der Waals surface area contributed by atoms with E-state index in [1.54, 1.807) is 0 Å². The fourth-order valence-electron chi connectivity index (χ4n) is 0.0833. The van der Waals surface area contributed by atoms with Gasteiger partial charge in [-0.05, 0) is 0 Å². The zero-order valence-electron chi connectivity index (χ0n) is 3.19. The van der Waals surface area contributed by atoms with Gasteiger partial charge in [0, 0.05) is 0 Å².